The molecule has 2 aromatic carbocycles. The second-order valence-corrected chi connectivity index (χ2v) is 7.67. The van der Waals surface area contributed by atoms with E-state index in [9.17, 15) is 19.8 Å². The fourth-order valence-corrected chi connectivity index (χ4v) is 3.96. The zero-order chi connectivity index (χ0) is 24.4. The topological polar surface area (TPSA) is 110 Å². The van der Waals surface area contributed by atoms with Crippen molar-refractivity contribution in [2.45, 2.75) is 20.0 Å². The summed E-state index contributed by atoms with van der Waals surface area (Å²) in [5.74, 6) is -1.68. The molecular formula is C26H24N2O6. The van der Waals surface area contributed by atoms with E-state index >= 15 is 0 Å². The van der Waals surface area contributed by atoms with E-state index in [2.05, 4.69) is 4.98 Å². The predicted octanol–water partition coefficient (Wildman–Crippen LogP) is 4.27. The first-order valence-corrected chi connectivity index (χ1v) is 10.7. The van der Waals surface area contributed by atoms with Crippen molar-refractivity contribution in [2.24, 2.45) is 0 Å². The predicted molar refractivity (Wildman–Crippen MR) is 125 cm³/mol. The number of aromatic carboxylic acids is 1. The fourth-order valence-electron chi connectivity index (χ4n) is 3.96. The Morgan fingerprint density at radius 1 is 1.09 bits per heavy atom. The molecule has 1 atom stereocenters. The summed E-state index contributed by atoms with van der Waals surface area (Å²) in [5, 5.41) is 21.2. The molecule has 0 aliphatic rings. The van der Waals surface area contributed by atoms with Crippen LogP contribution in [-0.4, -0.2) is 45.3 Å². The Kier molecular flexibility index (Phi) is 6.34. The van der Waals surface area contributed by atoms with Gasteiger partial charge in [-0.25, -0.2) is 9.59 Å². The lowest BCUT2D eigenvalue weighted by Crippen LogP contribution is -2.15. The number of carbonyl (C=O) groups is 2. The molecule has 2 heterocycles. The molecule has 2 aromatic heterocycles. The standard InChI is InChI=1S/C26H24N2O6/c1-4-34-26(32)21-24(33-3)27-23-15(2)10-13-20(28(21)23)22(29)17-11-12-18(19(14-17)25(30)31)16-8-6-5-7-9-16/h5-14,22,29H,4H2,1-3H3,(H,30,31). The van der Waals surface area contributed by atoms with Crippen LogP contribution in [0.4, 0.5) is 0 Å². The van der Waals surface area contributed by atoms with Crippen molar-refractivity contribution >= 4 is 17.6 Å². The third-order valence-corrected chi connectivity index (χ3v) is 5.58. The number of benzene rings is 2. The number of aliphatic hydroxyl groups excluding tert-OH is 1. The Bertz CT molecular complexity index is 1380. The van der Waals surface area contributed by atoms with E-state index in [4.69, 9.17) is 9.47 Å². The number of hydrogen-bond acceptors (Lipinski definition) is 6. The lowest BCUT2D eigenvalue weighted by molar-refractivity contribution is 0.0512. The van der Waals surface area contributed by atoms with Gasteiger partial charge in [0.1, 0.15) is 11.8 Å². The Morgan fingerprint density at radius 2 is 1.82 bits per heavy atom. The number of methoxy groups -OCH3 is 1. The molecular weight excluding hydrogens is 436 g/mol. The number of fused-ring (bicyclic) bond motifs is 1. The smallest absolute Gasteiger partial charge is 0.361 e. The number of pyridine rings is 1. The lowest BCUT2D eigenvalue weighted by atomic mass is 9.95. The zero-order valence-electron chi connectivity index (χ0n) is 19.0. The maximum absolute atomic E-state index is 12.7. The SMILES string of the molecule is CCOC(=O)c1c(OC)nc2c(C)ccc(C(O)c3ccc(-c4ccccc4)c(C(=O)O)c3)n12. The number of imidazole rings is 1. The minimum atomic E-state index is -1.25. The Labute approximate surface area is 196 Å². The van der Waals surface area contributed by atoms with Crippen molar-refractivity contribution in [3.63, 3.8) is 0 Å². The maximum atomic E-state index is 12.7. The number of carboxylic acids is 1. The fraction of sp³-hybridized carbons (Fsp3) is 0.192. The number of carbonyl (C=O) groups excluding carboxylic acids is 1. The highest BCUT2D eigenvalue weighted by Gasteiger charge is 2.27. The van der Waals surface area contributed by atoms with Crippen molar-refractivity contribution in [1.29, 1.82) is 0 Å². The summed E-state index contributed by atoms with van der Waals surface area (Å²) in [4.78, 5) is 29.2. The first-order chi connectivity index (χ1) is 16.4. The molecule has 0 fully saturated rings. The van der Waals surface area contributed by atoms with Gasteiger partial charge in [0.2, 0.25) is 5.88 Å². The summed E-state index contributed by atoms with van der Waals surface area (Å²) in [6.07, 6.45) is -1.25. The summed E-state index contributed by atoms with van der Waals surface area (Å²) < 4.78 is 12.0. The van der Waals surface area contributed by atoms with Crippen molar-refractivity contribution in [3.05, 3.63) is 88.7 Å². The van der Waals surface area contributed by atoms with E-state index in [1.807, 2.05) is 37.3 Å². The molecule has 0 radical (unpaired) electrons. The maximum Gasteiger partial charge on any atom is 0.361 e. The highest BCUT2D eigenvalue weighted by atomic mass is 16.5. The van der Waals surface area contributed by atoms with E-state index in [0.29, 0.717) is 22.5 Å². The molecule has 0 spiro atoms. The molecule has 34 heavy (non-hydrogen) atoms. The first kappa shape index (κ1) is 23.0. The average Bonchev–Trinajstić information content (AvgIpc) is 3.25. The van der Waals surface area contributed by atoms with Crippen molar-refractivity contribution in [1.82, 2.24) is 9.38 Å². The van der Waals surface area contributed by atoms with Crippen LogP contribution >= 0.6 is 0 Å². The van der Waals surface area contributed by atoms with Crippen molar-refractivity contribution in [3.8, 4) is 17.0 Å². The second kappa shape index (κ2) is 9.36. The minimum Gasteiger partial charge on any atom is -0.479 e. The summed E-state index contributed by atoms with van der Waals surface area (Å²) in [6.45, 7) is 3.67. The number of rotatable bonds is 7. The van der Waals surface area contributed by atoms with E-state index in [1.165, 1.54) is 17.6 Å². The van der Waals surface area contributed by atoms with Crippen LogP contribution < -0.4 is 4.74 Å². The third-order valence-electron chi connectivity index (χ3n) is 5.58. The summed E-state index contributed by atoms with van der Waals surface area (Å²) >= 11 is 0. The second-order valence-electron chi connectivity index (χ2n) is 7.67. The Morgan fingerprint density at radius 3 is 2.47 bits per heavy atom. The van der Waals surface area contributed by atoms with E-state index in [0.717, 1.165) is 11.1 Å². The third kappa shape index (κ3) is 3.99. The van der Waals surface area contributed by atoms with Crippen LogP contribution in [0.1, 0.15) is 50.7 Å². The summed E-state index contributed by atoms with van der Waals surface area (Å²) in [7, 11) is 1.40. The van der Waals surface area contributed by atoms with Crippen LogP contribution in [0.3, 0.4) is 0 Å². The van der Waals surface area contributed by atoms with Gasteiger partial charge in [0.05, 0.1) is 25.0 Å². The number of carboxylic acid groups (broad SMARTS) is 1. The molecule has 4 rings (SSSR count). The molecule has 0 amide bonds. The summed E-state index contributed by atoms with van der Waals surface area (Å²) in [6, 6.07) is 17.4. The van der Waals surface area contributed by atoms with Crippen LogP contribution in [0.2, 0.25) is 0 Å². The average molecular weight is 460 g/mol. The molecule has 0 bridgehead atoms. The molecule has 8 nitrogen and oxygen atoms in total. The minimum absolute atomic E-state index is 0.0523. The van der Waals surface area contributed by atoms with Gasteiger partial charge in [0.15, 0.2) is 5.69 Å². The summed E-state index contributed by atoms with van der Waals surface area (Å²) in [5.41, 5.74) is 3.26. The zero-order valence-corrected chi connectivity index (χ0v) is 19.0. The van der Waals surface area contributed by atoms with E-state index in [-0.39, 0.29) is 23.7 Å². The van der Waals surface area contributed by atoms with Gasteiger partial charge in [0, 0.05) is 0 Å². The normalized spacial score (nSPS) is 11.9. The Balaban J connectivity index is 1.89. The highest BCUT2D eigenvalue weighted by molar-refractivity contribution is 5.96. The molecule has 1 unspecified atom stereocenters. The number of hydrogen-bond donors (Lipinski definition) is 2. The van der Waals surface area contributed by atoms with Gasteiger partial charge in [-0.1, -0.05) is 48.5 Å². The molecule has 0 aliphatic heterocycles. The quantitative estimate of drug-likeness (QED) is 0.396. The molecule has 0 aliphatic carbocycles. The van der Waals surface area contributed by atoms with E-state index in [1.54, 1.807) is 31.2 Å². The molecule has 0 saturated heterocycles. The number of esters is 1. The van der Waals surface area contributed by atoms with Crippen molar-refractivity contribution in [2.75, 3.05) is 13.7 Å². The van der Waals surface area contributed by atoms with Gasteiger partial charge in [-0.05, 0) is 48.2 Å². The van der Waals surface area contributed by atoms with Crippen LogP contribution in [0, 0.1) is 6.92 Å². The number of aliphatic hydroxyl groups is 1. The monoisotopic (exact) mass is 460 g/mol. The molecule has 2 N–H and O–H groups in total. The number of ether oxygens (including phenoxy) is 2. The van der Waals surface area contributed by atoms with Crippen LogP contribution in [0.25, 0.3) is 16.8 Å². The largest absolute Gasteiger partial charge is 0.479 e. The van der Waals surface area contributed by atoms with Gasteiger partial charge in [-0.15, -0.1) is 0 Å². The van der Waals surface area contributed by atoms with Gasteiger partial charge in [-0.3, -0.25) is 4.40 Å². The van der Waals surface area contributed by atoms with Crippen LogP contribution in [-0.2, 0) is 4.74 Å². The number of aromatic nitrogens is 2. The number of nitrogens with zero attached hydrogens (tertiary/aromatic N) is 2. The van der Waals surface area contributed by atoms with Gasteiger partial charge < -0.3 is 19.7 Å². The highest BCUT2D eigenvalue weighted by Crippen LogP contribution is 2.32. The molecule has 174 valence electrons. The van der Waals surface area contributed by atoms with Crippen molar-refractivity contribution < 1.29 is 29.3 Å². The van der Waals surface area contributed by atoms with Crippen LogP contribution in [0.15, 0.2) is 60.7 Å². The molecule has 8 heteroatoms. The van der Waals surface area contributed by atoms with Gasteiger partial charge in [0.25, 0.3) is 0 Å². The molecule has 0 saturated carbocycles. The van der Waals surface area contributed by atoms with Crippen LogP contribution in [0.5, 0.6) is 5.88 Å². The molecule has 4 aromatic rings. The lowest BCUT2D eigenvalue weighted by Gasteiger charge is -2.17. The van der Waals surface area contributed by atoms with Gasteiger partial charge in [-0.2, -0.15) is 4.98 Å². The van der Waals surface area contributed by atoms with Gasteiger partial charge >= 0.3 is 11.9 Å². The Hall–Kier alpha value is -4.17. The number of aryl methyl sites for hydroxylation is 1. The van der Waals surface area contributed by atoms with E-state index < -0.39 is 18.0 Å². The first-order valence-electron chi connectivity index (χ1n) is 10.7.